The van der Waals surface area contributed by atoms with Gasteiger partial charge in [0.1, 0.15) is 5.82 Å². The van der Waals surface area contributed by atoms with Crippen LogP contribution in [0.4, 0.5) is 0 Å². The summed E-state index contributed by atoms with van der Waals surface area (Å²) in [6.07, 6.45) is 0. The molecule has 4 aromatic rings. The molecule has 0 radical (unpaired) electrons. The average molecular weight is 357 g/mol. The minimum absolute atomic E-state index is 0.0207. The van der Waals surface area contributed by atoms with Gasteiger partial charge in [0.25, 0.3) is 0 Å². The number of H-pyrrole nitrogens is 1. The first kappa shape index (κ1) is 16.0. The largest absolute Gasteiger partial charge is 0.351 e. The summed E-state index contributed by atoms with van der Waals surface area (Å²) in [4.78, 5) is 20.7. The molecule has 1 aliphatic rings. The summed E-state index contributed by atoms with van der Waals surface area (Å²) >= 11 is 0. The van der Waals surface area contributed by atoms with Crippen LogP contribution < -0.4 is 10.7 Å². The highest BCUT2D eigenvalue weighted by Gasteiger charge is 2.23. The molecule has 1 atom stereocenters. The number of para-hydroxylation sites is 1. The third kappa shape index (κ3) is 2.65. The van der Waals surface area contributed by atoms with Gasteiger partial charge in [0.15, 0.2) is 11.3 Å². The topological polar surface area (TPSA) is 75.6 Å². The van der Waals surface area contributed by atoms with Gasteiger partial charge in [-0.2, -0.15) is 0 Å². The molecule has 0 saturated heterocycles. The van der Waals surface area contributed by atoms with E-state index in [2.05, 4.69) is 27.4 Å². The van der Waals surface area contributed by atoms with E-state index in [1.165, 1.54) is 5.56 Å². The van der Waals surface area contributed by atoms with E-state index in [0.29, 0.717) is 35.6 Å². The van der Waals surface area contributed by atoms with Crippen molar-refractivity contribution in [3.05, 3.63) is 81.8 Å². The van der Waals surface area contributed by atoms with Gasteiger partial charge in [0.05, 0.1) is 24.8 Å². The molecule has 6 heteroatoms. The van der Waals surface area contributed by atoms with Crippen molar-refractivity contribution in [1.29, 1.82) is 0 Å². The maximum atomic E-state index is 12.7. The number of nitrogens with zero attached hydrogens (tertiary/aromatic N) is 3. The highest BCUT2D eigenvalue weighted by Crippen LogP contribution is 2.24. The summed E-state index contributed by atoms with van der Waals surface area (Å²) in [5.41, 5.74) is 3.39. The van der Waals surface area contributed by atoms with Crippen LogP contribution in [0, 0.1) is 6.92 Å². The van der Waals surface area contributed by atoms with E-state index < -0.39 is 0 Å². The second kappa shape index (κ2) is 6.17. The number of aromatic nitrogens is 4. The van der Waals surface area contributed by atoms with Crippen LogP contribution in [0.15, 0.2) is 59.4 Å². The van der Waals surface area contributed by atoms with E-state index in [1.807, 2.05) is 54.1 Å². The van der Waals surface area contributed by atoms with Crippen LogP contribution in [-0.2, 0) is 13.1 Å². The van der Waals surface area contributed by atoms with Gasteiger partial charge in [-0.1, -0.05) is 42.5 Å². The van der Waals surface area contributed by atoms with Crippen molar-refractivity contribution in [2.24, 2.45) is 0 Å². The van der Waals surface area contributed by atoms with E-state index in [-0.39, 0.29) is 11.5 Å². The average Bonchev–Trinajstić information content (AvgIpc) is 3.14. The maximum absolute atomic E-state index is 12.7. The van der Waals surface area contributed by atoms with E-state index in [9.17, 15) is 4.79 Å². The molecular weight excluding hydrogens is 338 g/mol. The van der Waals surface area contributed by atoms with Gasteiger partial charge < -0.3 is 10.3 Å². The number of rotatable bonds is 2. The predicted octanol–water partition coefficient (Wildman–Crippen LogP) is 2.94. The lowest BCUT2D eigenvalue weighted by Crippen LogP contribution is -2.32. The zero-order valence-corrected chi connectivity index (χ0v) is 14.9. The van der Waals surface area contributed by atoms with Gasteiger partial charge in [-0.05, 0) is 24.6 Å². The zero-order chi connectivity index (χ0) is 18.4. The summed E-state index contributed by atoms with van der Waals surface area (Å²) in [5.74, 6) is 1.45. The van der Waals surface area contributed by atoms with Crippen LogP contribution in [0.2, 0.25) is 0 Å². The Bertz CT molecular complexity index is 1190. The highest BCUT2D eigenvalue weighted by atomic mass is 16.1. The van der Waals surface area contributed by atoms with E-state index >= 15 is 0 Å². The normalized spacial score (nSPS) is 16.4. The zero-order valence-electron chi connectivity index (χ0n) is 14.9. The number of aromatic amines is 1. The molecule has 0 amide bonds. The Kier molecular flexibility index (Phi) is 3.65. The summed E-state index contributed by atoms with van der Waals surface area (Å²) in [6, 6.07) is 18.1. The lowest BCUT2D eigenvalue weighted by Gasteiger charge is -2.24. The molecule has 2 aromatic carbocycles. The summed E-state index contributed by atoms with van der Waals surface area (Å²) in [5, 5.41) is 8.91. The lowest BCUT2D eigenvalue weighted by atomic mass is 10.1. The summed E-state index contributed by atoms with van der Waals surface area (Å²) < 4.78 is 1.94. The van der Waals surface area contributed by atoms with Crippen LogP contribution in [0.3, 0.4) is 0 Å². The number of pyridine rings is 1. The number of hydrogen-bond donors (Lipinski definition) is 2. The van der Waals surface area contributed by atoms with Crippen molar-refractivity contribution in [3.63, 3.8) is 0 Å². The molecular formula is C21H19N5O. The lowest BCUT2D eigenvalue weighted by molar-refractivity contribution is 0.372. The van der Waals surface area contributed by atoms with Gasteiger partial charge >= 0.3 is 0 Å². The minimum atomic E-state index is 0.0207. The fourth-order valence-corrected chi connectivity index (χ4v) is 3.68. The number of benzene rings is 2. The SMILES string of the molecule is Cc1c(-c2nc3n(n2)CC(c2ccccc2)NC3)[nH]c2ccccc2c1=O. The summed E-state index contributed by atoms with van der Waals surface area (Å²) in [6.45, 7) is 3.18. The maximum Gasteiger partial charge on any atom is 0.198 e. The Morgan fingerprint density at radius 2 is 1.85 bits per heavy atom. The van der Waals surface area contributed by atoms with Crippen molar-refractivity contribution in [2.75, 3.05) is 0 Å². The summed E-state index contributed by atoms with van der Waals surface area (Å²) in [7, 11) is 0. The second-order valence-corrected chi connectivity index (χ2v) is 6.88. The van der Waals surface area contributed by atoms with Crippen LogP contribution in [0.1, 0.15) is 23.0 Å². The Morgan fingerprint density at radius 1 is 1.07 bits per heavy atom. The van der Waals surface area contributed by atoms with Crippen LogP contribution in [0.25, 0.3) is 22.4 Å². The minimum Gasteiger partial charge on any atom is -0.351 e. The Balaban J connectivity index is 1.56. The molecule has 0 aliphatic carbocycles. The van der Waals surface area contributed by atoms with Crippen molar-refractivity contribution in [1.82, 2.24) is 25.1 Å². The quantitative estimate of drug-likeness (QED) is 0.578. The Morgan fingerprint density at radius 3 is 2.70 bits per heavy atom. The molecule has 1 unspecified atom stereocenters. The molecule has 1 aliphatic heterocycles. The number of fused-ring (bicyclic) bond motifs is 2. The van der Waals surface area contributed by atoms with Crippen molar-refractivity contribution < 1.29 is 0 Å². The first-order chi connectivity index (χ1) is 13.2. The van der Waals surface area contributed by atoms with E-state index in [1.54, 1.807) is 0 Å². The van der Waals surface area contributed by atoms with Crippen molar-refractivity contribution in [3.8, 4) is 11.5 Å². The van der Waals surface area contributed by atoms with Crippen molar-refractivity contribution >= 4 is 10.9 Å². The van der Waals surface area contributed by atoms with Crippen LogP contribution >= 0.6 is 0 Å². The number of nitrogens with one attached hydrogen (secondary N) is 2. The molecule has 134 valence electrons. The fourth-order valence-electron chi connectivity index (χ4n) is 3.68. The first-order valence-corrected chi connectivity index (χ1v) is 9.05. The molecule has 0 saturated carbocycles. The molecule has 2 N–H and O–H groups in total. The van der Waals surface area contributed by atoms with Gasteiger partial charge in [-0.25, -0.2) is 9.67 Å². The van der Waals surface area contributed by atoms with Gasteiger partial charge in [-0.15, -0.1) is 5.10 Å². The Labute approximate surface area is 155 Å². The molecule has 3 heterocycles. The monoisotopic (exact) mass is 357 g/mol. The second-order valence-electron chi connectivity index (χ2n) is 6.88. The number of hydrogen-bond acceptors (Lipinski definition) is 4. The first-order valence-electron chi connectivity index (χ1n) is 9.05. The standard InChI is InChI=1S/C21H19N5O/c1-13-19(23-16-10-6-5-9-15(16)20(13)27)21-24-18-11-22-17(12-26(18)25-21)14-7-3-2-4-8-14/h2-10,17,22H,11-12H2,1H3,(H,23,27). The van der Waals surface area contributed by atoms with Crippen LogP contribution in [0.5, 0.6) is 0 Å². The van der Waals surface area contributed by atoms with Crippen molar-refractivity contribution in [2.45, 2.75) is 26.1 Å². The van der Waals surface area contributed by atoms with Gasteiger partial charge in [-0.3, -0.25) is 4.79 Å². The third-order valence-corrected chi connectivity index (χ3v) is 5.18. The van der Waals surface area contributed by atoms with Gasteiger partial charge in [0.2, 0.25) is 0 Å². The van der Waals surface area contributed by atoms with Crippen LogP contribution in [-0.4, -0.2) is 19.7 Å². The van der Waals surface area contributed by atoms with E-state index in [0.717, 1.165) is 11.3 Å². The fraction of sp³-hybridized carbons (Fsp3) is 0.190. The molecule has 27 heavy (non-hydrogen) atoms. The molecule has 6 nitrogen and oxygen atoms in total. The highest BCUT2D eigenvalue weighted by molar-refractivity contribution is 5.82. The molecule has 0 spiro atoms. The van der Waals surface area contributed by atoms with E-state index in [4.69, 9.17) is 5.10 Å². The van der Waals surface area contributed by atoms with Gasteiger partial charge in [0, 0.05) is 16.5 Å². The molecule has 5 rings (SSSR count). The molecule has 0 fully saturated rings. The molecule has 2 aromatic heterocycles. The smallest absolute Gasteiger partial charge is 0.198 e. The predicted molar refractivity (Wildman–Crippen MR) is 104 cm³/mol. The third-order valence-electron chi connectivity index (χ3n) is 5.18. The Hall–Kier alpha value is -3.25. The molecule has 0 bridgehead atoms.